The molecule has 0 fully saturated rings. The van der Waals surface area contributed by atoms with Gasteiger partial charge in [-0.3, -0.25) is 0 Å². The average Bonchev–Trinajstić information content (AvgIpc) is 2.07. The summed E-state index contributed by atoms with van der Waals surface area (Å²) < 4.78 is 0. The lowest BCUT2D eigenvalue weighted by atomic mass is 10.2. The molecule has 3 N–H and O–H groups in total. The molecule has 0 aromatic heterocycles. The molecule has 0 aliphatic carbocycles. The minimum absolute atomic E-state index is 0.0935. The molecule has 14 heavy (non-hydrogen) atoms. The van der Waals surface area contributed by atoms with Crippen molar-refractivity contribution >= 4 is 5.97 Å². The number of carboxylic acids is 1. The normalized spacial score (nSPS) is 23.2. The zero-order chi connectivity index (χ0) is 10.7. The molecular weight excluding hydrogens is 186 g/mol. The number of carboxylic acid groups (broad SMARTS) is 1. The molecular formula is C9H13NO4. The quantitative estimate of drug-likeness (QED) is 0.572. The van der Waals surface area contributed by atoms with Crippen molar-refractivity contribution < 1.29 is 20.1 Å². The van der Waals surface area contributed by atoms with Crippen LogP contribution >= 0.6 is 0 Å². The minimum Gasteiger partial charge on any atom is -0.478 e. The number of rotatable bonds is 3. The molecule has 0 radical (unpaired) electrons. The van der Waals surface area contributed by atoms with E-state index in [4.69, 9.17) is 10.2 Å². The van der Waals surface area contributed by atoms with E-state index in [0.717, 1.165) is 0 Å². The zero-order valence-corrected chi connectivity index (χ0v) is 7.79. The number of aliphatic hydroxyl groups is 2. The monoisotopic (exact) mass is 199 g/mol. The van der Waals surface area contributed by atoms with Crippen molar-refractivity contribution in [1.82, 2.24) is 4.90 Å². The van der Waals surface area contributed by atoms with Crippen molar-refractivity contribution in [3.63, 3.8) is 0 Å². The first-order valence-electron chi connectivity index (χ1n) is 4.26. The zero-order valence-electron chi connectivity index (χ0n) is 7.79. The number of carbonyl (C=O) groups is 1. The van der Waals surface area contributed by atoms with E-state index in [0.29, 0.717) is 0 Å². The molecule has 5 nitrogen and oxygen atoms in total. The highest BCUT2D eigenvalue weighted by molar-refractivity contribution is 5.89. The fraction of sp³-hybridized carbons (Fsp3) is 0.444. The predicted molar refractivity (Wildman–Crippen MR) is 49.3 cm³/mol. The summed E-state index contributed by atoms with van der Waals surface area (Å²) in [6, 6.07) is 0. The van der Waals surface area contributed by atoms with Gasteiger partial charge in [-0.15, -0.1) is 0 Å². The van der Waals surface area contributed by atoms with Crippen LogP contribution in [0.2, 0.25) is 0 Å². The molecule has 1 aliphatic heterocycles. The molecule has 78 valence electrons. The number of aliphatic carboxylic acids is 1. The van der Waals surface area contributed by atoms with E-state index in [1.165, 1.54) is 23.3 Å². The van der Waals surface area contributed by atoms with Crippen LogP contribution in [0.15, 0.2) is 23.9 Å². The third kappa shape index (κ3) is 2.58. The summed E-state index contributed by atoms with van der Waals surface area (Å²) in [5.41, 5.74) is 0.0935. The smallest absolute Gasteiger partial charge is 0.337 e. The highest BCUT2D eigenvalue weighted by atomic mass is 16.4. The van der Waals surface area contributed by atoms with E-state index in [2.05, 4.69) is 0 Å². The van der Waals surface area contributed by atoms with Crippen LogP contribution in [0.1, 0.15) is 6.92 Å². The lowest BCUT2D eigenvalue weighted by Crippen LogP contribution is -2.36. The Morgan fingerprint density at radius 1 is 1.71 bits per heavy atom. The van der Waals surface area contributed by atoms with Gasteiger partial charge in [-0.1, -0.05) is 0 Å². The standard InChI is InChI=1S/C9H13NO4/c1-6(11)4-10-5-7(9(13)14)2-3-8(10)12/h2-3,5-6,8,11-12H,4H2,1H3,(H,13,14). The molecule has 0 saturated heterocycles. The first-order valence-corrected chi connectivity index (χ1v) is 4.26. The molecule has 2 unspecified atom stereocenters. The van der Waals surface area contributed by atoms with Crippen LogP contribution in [0, 0.1) is 0 Å². The van der Waals surface area contributed by atoms with Crippen molar-refractivity contribution in [3.05, 3.63) is 23.9 Å². The Hall–Kier alpha value is -1.33. The molecule has 2 atom stereocenters. The molecule has 1 rings (SSSR count). The molecule has 0 saturated carbocycles. The fourth-order valence-electron chi connectivity index (χ4n) is 1.19. The maximum absolute atomic E-state index is 10.6. The molecule has 5 heteroatoms. The second-order valence-corrected chi connectivity index (χ2v) is 3.21. The van der Waals surface area contributed by atoms with Crippen LogP contribution < -0.4 is 0 Å². The van der Waals surface area contributed by atoms with Gasteiger partial charge in [-0.2, -0.15) is 0 Å². The van der Waals surface area contributed by atoms with Crippen molar-refractivity contribution in [1.29, 1.82) is 0 Å². The average molecular weight is 199 g/mol. The number of hydrogen-bond acceptors (Lipinski definition) is 4. The molecule has 0 aromatic rings. The van der Waals surface area contributed by atoms with E-state index >= 15 is 0 Å². The van der Waals surface area contributed by atoms with Crippen molar-refractivity contribution in [2.24, 2.45) is 0 Å². The third-order valence-corrected chi connectivity index (χ3v) is 1.81. The van der Waals surface area contributed by atoms with Gasteiger partial charge in [0, 0.05) is 12.7 Å². The van der Waals surface area contributed by atoms with Crippen LogP contribution in [0.4, 0.5) is 0 Å². The van der Waals surface area contributed by atoms with E-state index in [1.807, 2.05) is 0 Å². The van der Waals surface area contributed by atoms with E-state index in [-0.39, 0.29) is 12.1 Å². The van der Waals surface area contributed by atoms with Gasteiger partial charge in [-0.25, -0.2) is 4.79 Å². The van der Waals surface area contributed by atoms with Gasteiger partial charge in [0.2, 0.25) is 0 Å². The summed E-state index contributed by atoms with van der Waals surface area (Å²) in [4.78, 5) is 12.0. The molecule has 0 spiro atoms. The Kier molecular flexibility index (Phi) is 3.27. The van der Waals surface area contributed by atoms with E-state index < -0.39 is 18.3 Å². The first kappa shape index (κ1) is 10.7. The van der Waals surface area contributed by atoms with Gasteiger partial charge in [0.15, 0.2) is 0 Å². The number of aliphatic hydroxyl groups excluding tert-OH is 2. The Bertz CT molecular complexity index is 283. The molecule has 0 amide bonds. The predicted octanol–water partition coefficient (Wildman–Crippen LogP) is -0.474. The summed E-state index contributed by atoms with van der Waals surface area (Å²) in [5.74, 6) is -1.05. The Morgan fingerprint density at radius 2 is 2.36 bits per heavy atom. The number of hydrogen-bond donors (Lipinski definition) is 3. The molecule has 0 bridgehead atoms. The van der Waals surface area contributed by atoms with Gasteiger partial charge in [-0.05, 0) is 19.1 Å². The van der Waals surface area contributed by atoms with Crippen molar-refractivity contribution in [3.8, 4) is 0 Å². The van der Waals surface area contributed by atoms with Gasteiger partial charge >= 0.3 is 5.97 Å². The molecule has 1 aliphatic rings. The number of β-amino-alcohol motifs (C(OH)–C–C–N with tert-alkyl or cyclic N) is 1. The largest absolute Gasteiger partial charge is 0.478 e. The fourth-order valence-corrected chi connectivity index (χ4v) is 1.19. The number of nitrogens with zero attached hydrogens (tertiary/aromatic N) is 1. The second kappa shape index (κ2) is 4.26. The van der Waals surface area contributed by atoms with Crippen LogP contribution in [0.25, 0.3) is 0 Å². The summed E-state index contributed by atoms with van der Waals surface area (Å²) >= 11 is 0. The van der Waals surface area contributed by atoms with E-state index in [1.54, 1.807) is 6.92 Å². The Morgan fingerprint density at radius 3 is 2.86 bits per heavy atom. The van der Waals surface area contributed by atoms with Crippen molar-refractivity contribution in [2.75, 3.05) is 6.54 Å². The van der Waals surface area contributed by atoms with Gasteiger partial charge in [0.1, 0.15) is 6.23 Å². The Balaban J connectivity index is 2.75. The molecule has 1 heterocycles. The summed E-state index contributed by atoms with van der Waals surface area (Å²) in [6.45, 7) is 1.77. The summed E-state index contributed by atoms with van der Waals surface area (Å²) in [6.07, 6.45) is 2.53. The van der Waals surface area contributed by atoms with E-state index in [9.17, 15) is 9.90 Å². The van der Waals surface area contributed by atoms with Crippen molar-refractivity contribution in [2.45, 2.75) is 19.3 Å². The maximum Gasteiger partial charge on any atom is 0.337 e. The van der Waals surface area contributed by atoms with Crippen LogP contribution in [-0.2, 0) is 4.79 Å². The minimum atomic E-state index is -1.05. The maximum atomic E-state index is 10.6. The third-order valence-electron chi connectivity index (χ3n) is 1.81. The lowest BCUT2D eigenvalue weighted by molar-refractivity contribution is -0.132. The topological polar surface area (TPSA) is 81.0 Å². The van der Waals surface area contributed by atoms with Crippen LogP contribution in [-0.4, -0.2) is 45.1 Å². The summed E-state index contributed by atoms with van der Waals surface area (Å²) in [5, 5.41) is 27.2. The van der Waals surface area contributed by atoms with Gasteiger partial charge in [0.05, 0.1) is 11.7 Å². The highest BCUT2D eigenvalue weighted by Gasteiger charge is 2.18. The SMILES string of the molecule is CC(O)CN1C=C(C(=O)O)C=CC1O. The van der Waals surface area contributed by atoms with Crippen LogP contribution in [0.5, 0.6) is 0 Å². The summed E-state index contributed by atoms with van der Waals surface area (Å²) in [7, 11) is 0. The van der Waals surface area contributed by atoms with Gasteiger partial charge in [0.25, 0.3) is 0 Å². The van der Waals surface area contributed by atoms with Crippen LogP contribution in [0.3, 0.4) is 0 Å². The highest BCUT2D eigenvalue weighted by Crippen LogP contribution is 2.12. The first-order chi connectivity index (χ1) is 6.50. The Labute approximate surface area is 81.6 Å². The van der Waals surface area contributed by atoms with Gasteiger partial charge < -0.3 is 20.2 Å². The second-order valence-electron chi connectivity index (χ2n) is 3.21. The molecule has 0 aromatic carbocycles. The lowest BCUT2D eigenvalue weighted by Gasteiger charge is -2.28.